The van der Waals surface area contributed by atoms with Crippen LogP contribution in [-0.4, -0.2) is 23.3 Å². The zero-order chi connectivity index (χ0) is 16.9. The van der Waals surface area contributed by atoms with Gasteiger partial charge in [0.15, 0.2) is 6.61 Å². The lowest BCUT2D eigenvalue weighted by atomic mass is 10.2. The quantitative estimate of drug-likeness (QED) is 0.571. The molecule has 0 radical (unpaired) electrons. The summed E-state index contributed by atoms with van der Waals surface area (Å²) in [6, 6.07) is 14.9. The Labute approximate surface area is 144 Å². The Kier molecular flexibility index (Phi) is 4.82. The van der Waals surface area contributed by atoms with Crippen molar-refractivity contribution in [3.63, 3.8) is 0 Å². The number of hydrogen-bond donors (Lipinski definition) is 1. The lowest BCUT2D eigenvalue weighted by Gasteiger charge is -2.04. The maximum Gasteiger partial charge on any atom is 0.277 e. The summed E-state index contributed by atoms with van der Waals surface area (Å²) in [6.45, 7) is -0.132. The van der Waals surface area contributed by atoms with Crippen LogP contribution in [0.4, 0.5) is 0 Å². The number of aryl methyl sites for hydroxylation is 1. The van der Waals surface area contributed by atoms with Crippen LogP contribution in [0.5, 0.6) is 5.75 Å². The van der Waals surface area contributed by atoms with Gasteiger partial charge in [-0.05, 0) is 24.3 Å². The van der Waals surface area contributed by atoms with E-state index in [2.05, 4.69) is 10.5 Å². The van der Waals surface area contributed by atoms with Gasteiger partial charge in [0.2, 0.25) is 0 Å². The van der Waals surface area contributed by atoms with Gasteiger partial charge in [0.1, 0.15) is 5.75 Å². The molecule has 1 heterocycles. The number of amides is 1. The number of nitrogens with zero attached hydrogens (tertiary/aromatic N) is 2. The fourth-order valence-corrected chi connectivity index (χ4v) is 2.57. The number of para-hydroxylation sites is 1. The predicted octanol–water partition coefficient (Wildman–Crippen LogP) is 3.36. The first-order valence-corrected chi connectivity index (χ1v) is 7.75. The average Bonchev–Trinajstić information content (AvgIpc) is 2.90. The third-order valence-corrected chi connectivity index (χ3v) is 3.72. The van der Waals surface area contributed by atoms with Crippen molar-refractivity contribution in [2.75, 3.05) is 6.61 Å². The molecular weight excluding hydrogens is 326 g/mol. The van der Waals surface area contributed by atoms with E-state index in [9.17, 15) is 4.79 Å². The Morgan fingerprint density at radius 2 is 2.12 bits per heavy atom. The van der Waals surface area contributed by atoms with Gasteiger partial charge in [-0.1, -0.05) is 35.9 Å². The molecule has 0 spiro atoms. The van der Waals surface area contributed by atoms with E-state index in [0.29, 0.717) is 10.8 Å². The summed E-state index contributed by atoms with van der Waals surface area (Å²) in [5.74, 6) is 0.196. The van der Waals surface area contributed by atoms with Crippen molar-refractivity contribution < 1.29 is 9.53 Å². The fraction of sp³-hybridized carbons (Fsp3) is 0.111. The molecule has 0 bridgehead atoms. The Bertz CT molecular complexity index is 902. The van der Waals surface area contributed by atoms with Gasteiger partial charge in [0.05, 0.1) is 6.21 Å². The zero-order valence-electron chi connectivity index (χ0n) is 13.1. The highest BCUT2D eigenvalue weighted by Crippen LogP contribution is 2.18. The first-order valence-electron chi connectivity index (χ1n) is 7.38. The molecule has 24 heavy (non-hydrogen) atoms. The van der Waals surface area contributed by atoms with E-state index in [1.807, 2.05) is 42.1 Å². The summed E-state index contributed by atoms with van der Waals surface area (Å²) in [5, 5.41) is 5.63. The number of rotatable bonds is 5. The minimum atomic E-state index is -0.341. The second-order valence-corrected chi connectivity index (χ2v) is 5.69. The van der Waals surface area contributed by atoms with Gasteiger partial charge >= 0.3 is 0 Å². The monoisotopic (exact) mass is 341 g/mol. The number of ether oxygens (including phenoxy) is 1. The maximum atomic E-state index is 11.8. The Morgan fingerprint density at radius 1 is 1.29 bits per heavy atom. The molecule has 0 aliphatic rings. The van der Waals surface area contributed by atoms with Crippen molar-refractivity contribution >= 4 is 34.6 Å². The fourth-order valence-electron chi connectivity index (χ4n) is 2.39. The molecule has 0 atom stereocenters. The van der Waals surface area contributed by atoms with Gasteiger partial charge in [0.25, 0.3) is 5.91 Å². The number of benzene rings is 2. The number of nitrogens with one attached hydrogen (secondary N) is 1. The normalized spacial score (nSPS) is 11.1. The molecule has 122 valence electrons. The molecule has 0 saturated heterocycles. The van der Waals surface area contributed by atoms with Crippen molar-refractivity contribution in [3.05, 3.63) is 65.3 Å². The van der Waals surface area contributed by atoms with Gasteiger partial charge in [-0.2, -0.15) is 5.10 Å². The highest BCUT2D eigenvalue weighted by molar-refractivity contribution is 6.30. The van der Waals surface area contributed by atoms with Crippen LogP contribution in [0.3, 0.4) is 0 Å². The summed E-state index contributed by atoms with van der Waals surface area (Å²) in [5.41, 5.74) is 4.49. The third kappa shape index (κ3) is 3.75. The average molecular weight is 342 g/mol. The molecular formula is C18H16ClN3O2. The van der Waals surface area contributed by atoms with E-state index in [1.165, 1.54) is 0 Å². The SMILES string of the molecule is Cn1cc(C=NNC(=O)COc2cccc(Cl)c2)c2ccccc21. The number of hydrogen-bond acceptors (Lipinski definition) is 3. The Morgan fingerprint density at radius 3 is 2.96 bits per heavy atom. The summed E-state index contributed by atoms with van der Waals surface area (Å²) in [7, 11) is 1.97. The van der Waals surface area contributed by atoms with Crippen molar-refractivity contribution in [1.29, 1.82) is 0 Å². The van der Waals surface area contributed by atoms with Gasteiger partial charge in [-0.3, -0.25) is 4.79 Å². The number of carbonyl (C=O) groups excluding carboxylic acids is 1. The minimum absolute atomic E-state index is 0.132. The lowest BCUT2D eigenvalue weighted by Crippen LogP contribution is -2.24. The summed E-state index contributed by atoms with van der Waals surface area (Å²) >= 11 is 5.86. The van der Waals surface area contributed by atoms with Gasteiger partial charge in [-0.15, -0.1) is 0 Å². The molecule has 0 aliphatic carbocycles. The van der Waals surface area contributed by atoms with Crippen LogP contribution in [0.1, 0.15) is 5.56 Å². The molecule has 3 rings (SSSR count). The highest BCUT2D eigenvalue weighted by atomic mass is 35.5. The standard InChI is InChI=1S/C18H16ClN3O2/c1-22-11-13(16-7-2-3-8-17(16)22)10-20-21-18(23)12-24-15-6-4-5-14(19)9-15/h2-11H,12H2,1H3,(H,21,23). The van der Waals surface area contributed by atoms with E-state index in [1.54, 1.807) is 30.5 Å². The van der Waals surface area contributed by atoms with Crippen molar-refractivity contribution in [2.24, 2.45) is 12.1 Å². The summed E-state index contributed by atoms with van der Waals surface area (Å²) < 4.78 is 7.37. The summed E-state index contributed by atoms with van der Waals surface area (Å²) in [6.07, 6.45) is 3.59. The van der Waals surface area contributed by atoms with Crippen LogP contribution < -0.4 is 10.2 Å². The first-order chi connectivity index (χ1) is 11.6. The van der Waals surface area contributed by atoms with Crippen LogP contribution in [0.25, 0.3) is 10.9 Å². The number of fused-ring (bicyclic) bond motifs is 1. The molecule has 6 heteroatoms. The second-order valence-electron chi connectivity index (χ2n) is 5.25. The number of hydrazone groups is 1. The Hall–Kier alpha value is -2.79. The van der Waals surface area contributed by atoms with Crippen molar-refractivity contribution in [1.82, 2.24) is 9.99 Å². The molecule has 5 nitrogen and oxygen atoms in total. The van der Waals surface area contributed by atoms with Crippen LogP contribution >= 0.6 is 11.6 Å². The van der Waals surface area contributed by atoms with Gasteiger partial charge < -0.3 is 9.30 Å². The largest absolute Gasteiger partial charge is 0.484 e. The molecule has 0 saturated carbocycles. The van der Waals surface area contributed by atoms with E-state index in [4.69, 9.17) is 16.3 Å². The first kappa shape index (κ1) is 16.1. The van der Waals surface area contributed by atoms with Crippen LogP contribution in [0.2, 0.25) is 5.02 Å². The number of halogens is 1. The molecule has 3 aromatic rings. The molecule has 0 unspecified atom stereocenters. The van der Waals surface area contributed by atoms with E-state index >= 15 is 0 Å². The summed E-state index contributed by atoms with van der Waals surface area (Å²) in [4.78, 5) is 11.8. The number of carbonyl (C=O) groups is 1. The molecule has 1 N–H and O–H groups in total. The lowest BCUT2D eigenvalue weighted by molar-refractivity contribution is -0.123. The molecule has 0 aliphatic heterocycles. The maximum absolute atomic E-state index is 11.8. The van der Waals surface area contributed by atoms with Crippen molar-refractivity contribution in [3.8, 4) is 5.75 Å². The molecule has 0 fully saturated rings. The minimum Gasteiger partial charge on any atom is -0.484 e. The smallest absolute Gasteiger partial charge is 0.277 e. The van der Waals surface area contributed by atoms with Crippen LogP contribution in [-0.2, 0) is 11.8 Å². The predicted molar refractivity (Wildman–Crippen MR) is 95.6 cm³/mol. The highest BCUT2D eigenvalue weighted by Gasteiger charge is 2.04. The zero-order valence-corrected chi connectivity index (χ0v) is 13.8. The van der Waals surface area contributed by atoms with Crippen molar-refractivity contribution in [2.45, 2.75) is 0 Å². The molecule has 1 amide bonds. The van der Waals surface area contributed by atoms with E-state index in [-0.39, 0.29) is 12.5 Å². The third-order valence-electron chi connectivity index (χ3n) is 3.49. The van der Waals surface area contributed by atoms with E-state index < -0.39 is 0 Å². The van der Waals surface area contributed by atoms with Gasteiger partial charge in [-0.25, -0.2) is 5.43 Å². The van der Waals surface area contributed by atoms with Crippen LogP contribution in [0, 0.1) is 0 Å². The Balaban J connectivity index is 1.58. The second kappa shape index (κ2) is 7.19. The van der Waals surface area contributed by atoms with E-state index in [0.717, 1.165) is 16.5 Å². The van der Waals surface area contributed by atoms with Gasteiger partial charge in [0, 0.05) is 34.7 Å². The topological polar surface area (TPSA) is 55.6 Å². The molecule has 2 aromatic carbocycles. The number of aromatic nitrogens is 1. The molecule has 1 aromatic heterocycles. The van der Waals surface area contributed by atoms with Crippen LogP contribution in [0.15, 0.2) is 59.8 Å².